The fourth-order valence-electron chi connectivity index (χ4n) is 1.79. The fraction of sp³-hybridized carbons (Fsp3) is 0.214. The third-order valence-corrected chi connectivity index (χ3v) is 2.76. The van der Waals surface area contributed by atoms with Crippen LogP contribution in [0, 0.1) is 0 Å². The first-order valence-electron chi connectivity index (χ1n) is 5.61. The molecule has 0 aliphatic rings. The molecule has 1 aromatic heterocycles. The van der Waals surface area contributed by atoms with Crippen molar-refractivity contribution in [3.63, 3.8) is 0 Å². The van der Waals surface area contributed by atoms with Gasteiger partial charge in [-0.1, -0.05) is 44.2 Å². The highest BCUT2D eigenvalue weighted by atomic mass is 16.5. The SMILES string of the molecule is CC(C)c1cc(-c2ccccc2)cn(O)c1=O. The zero-order chi connectivity index (χ0) is 12.4. The van der Waals surface area contributed by atoms with Crippen molar-refractivity contribution in [3.8, 4) is 11.1 Å². The normalized spacial score (nSPS) is 10.8. The average molecular weight is 229 g/mol. The van der Waals surface area contributed by atoms with Crippen molar-refractivity contribution in [1.82, 2.24) is 4.73 Å². The van der Waals surface area contributed by atoms with Gasteiger partial charge < -0.3 is 5.21 Å². The van der Waals surface area contributed by atoms with E-state index in [1.807, 2.05) is 50.2 Å². The molecule has 17 heavy (non-hydrogen) atoms. The van der Waals surface area contributed by atoms with E-state index in [9.17, 15) is 10.0 Å². The van der Waals surface area contributed by atoms with Crippen LogP contribution in [0.1, 0.15) is 25.3 Å². The Balaban J connectivity index is 2.62. The van der Waals surface area contributed by atoms with Crippen molar-refractivity contribution < 1.29 is 5.21 Å². The smallest absolute Gasteiger partial charge is 0.286 e. The van der Waals surface area contributed by atoms with Crippen molar-refractivity contribution in [2.45, 2.75) is 19.8 Å². The molecule has 0 atom stereocenters. The van der Waals surface area contributed by atoms with Gasteiger partial charge in [-0.05, 0) is 17.5 Å². The fourth-order valence-corrected chi connectivity index (χ4v) is 1.79. The van der Waals surface area contributed by atoms with E-state index in [1.54, 1.807) is 0 Å². The number of hydrogen-bond acceptors (Lipinski definition) is 2. The third-order valence-electron chi connectivity index (χ3n) is 2.76. The molecule has 0 bridgehead atoms. The molecule has 1 aromatic carbocycles. The Morgan fingerprint density at radius 1 is 1.12 bits per heavy atom. The predicted octanol–water partition coefficient (Wildman–Crippen LogP) is 2.88. The minimum Gasteiger partial charge on any atom is -0.425 e. The Hall–Kier alpha value is -2.03. The molecular weight excluding hydrogens is 214 g/mol. The molecular formula is C14H15NO2. The molecule has 1 heterocycles. The van der Waals surface area contributed by atoms with E-state index in [4.69, 9.17) is 0 Å². The lowest BCUT2D eigenvalue weighted by Gasteiger charge is -2.09. The second-order valence-electron chi connectivity index (χ2n) is 4.35. The molecule has 2 rings (SSSR count). The van der Waals surface area contributed by atoms with Gasteiger partial charge in [0.15, 0.2) is 0 Å². The topological polar surface area (TPSA) is 42.2 Å². The molecule has 0 unspecified atom stereocenters. The quantitative estimate of drug-likeness (QED) is 0.804. The van der Waals surface area contributed by atoms with Crippen LogP contribution in [0.5, 0.6) is 0 Å². The van der Waals surface area contributed by atoms with Gasteiger partial charge in [-0.25, -0.2) is 0 Å². The number of pyridine rings is 1. The lowest BCUT2D eigenvalue weighted by atomic mass is 10.0. The molecule has 3 nitrogen and oxygen atoms in total. The highest BCUT2D eigenvalue weighted by Gasteiger charge is 2.10. The third kappa shape index (κ3) is 2.23. The van der Waals surface area contributed by atoms with E-state index in [-0.39, 0.29) is 11.5 Å². The van der Waals surface area contributed by atoms with E-state index >= 15 is 0 Å². The van der Waals surface area contributed by atoms with Crippen molar-refractivity contribution in [2.75, 3.05) is 0 Å². The Kier molecular flexibility index (Phi) is 3.00. The molecule has 0 amide bonds. The number of hydrogen-bond donors (Lipinski definition) is 1. The van der Waals surface area contributed by atoms with Crippen LogP contribution in [-0.4, -0.2) is 9.94 Å². The second kappa shape index (κ2) is 4.45. The molecule has 0 aliphatic heterocycles. The van der Waals surface area contributed by atoms with Crippen LogP contribution in [0.2, 0.25) is 0 Å². The van der Waals surface area contributed by atoms with Gasteiger partial charge in [-0.2, -0.15) is 4.73 Å². The van der Waals surface area contributed by atoms with Crippen LogP contribution in [-0.2, 0) is 0 Å². The highest BCUT2D eigenvalue weighted by Crippen LogP contribution is 2.20. The molecule has 0 radical (unpaired) electrons. The first kappa shape index (κ1) is 11.5. The molecule has 0 saturated carbocycles. The second-order valence-corrected chi connectivity index (χ2v) is 4.35. The minimum absolute atomic E-state index is 0.0876. The number of benzene rings is 1. The maximum Gasteiger partial charge on any atom is 0.286 e. The van der Waals surface area contributed by atoms with Gasteiger partial charge in [-0.3, -0.25) is 4.79 Å². The van der Waals surface area contributed by atoms with Crippen LogP contribution in [0.15, 0.2) is 47.4 Å². The van der Waals surface area contributed by atoms with Gasteiger partial charge in [-0.15, -0.1) is 0 Å². The molecule has 0 aliphatic carbocycles. The zero-order valence-corrected chi connectivity index (χ0v) is 9.92. The lowest BCUT2D eigenvalue weighted by Crippen LogP contribution is -2.22. The number of aromatic nitrogens is 1. The number of nitrogens with zero attached hydrogens (tertiary/aromatic N) is 1. The van der Waals surface area contributed by atoms with E-state index < -0.39 is 0 Å². The lowest BCUT2D eigenvalue weighted by molar-refractivity contribution is 0.174. The van der Waals surface area contributed by atoms with Crippen LogP contribution < -0.4 is 5.56 Å². The minimum atomic E-state index is -0.348. The van der Waals surface area contributed by atoms with Gasteiger partial charge in [0.25, 0.3) is 5.56 Å². The van der Waals surface area contributed by atoms with E-state index in [0.29, 0.717) is 10.3 Å². The van der Waals surface area contributed by atoms with Crippen LogP contribution in [0.3, 0.4) is 0 Å². The van der Waals surface area contributed by atoms with E-state index in [2.05, 4.69) is 0 Å². The molecule has 0 fully saturated rings. The maximum absolute atomic E-state index is 11.7. The van der Waals surface area contributed by atoms with Crippen LogP contribution in [0.4, 0.5) is 0 Å². The Morgan fingerprint density at radius 2 is 1.76 bits per heavy atom. The standard InChI is InChI=1S/C14H15NO2/c1-10(2)13-8-12(9-15(17)14(13)16)11-6-4-3-5-7-11/h3-10,17H,1-2H3. The zero-order valence-electron chi connectivity index (χ0n) is 9.92. The molecule has 0 saturated heterocycles. The summed E-state index contributed by atoms with van der Waals surface area (Å²) in [5, 5.41) is 9.60. The Morgan fingerprint density at radius 3 is 2.35 bits per heavy atom. The van der Waals surface area contributed by atoms with Crippen molar-refractivity contribution in [3.05, 3.63) is 58.5 Å². The Labute approximate surface area is 99.9 Å². The van der Waals surface area contributed by atoms with Crippen molar-refractivity contribution in [1.29, 1.82) is 0 Å². The summed E-state index contributed by atoms with van der Waals surface area (Å²) >= 11 is 0. The summed E-state index contributed by atoms with van der Waals surface area (Å²) in [6.07, 6.45) is 1.45. The predicted molar refractivity (Wildman–Crippen MR) is 67.4 cm³/mol. The van der Waals surface area contributed by atoms with Gasteiger partial charge in [0, 0.05) is 11.1 Å². The van der Waals surface area contributed by atoms with Crippen molar-refractivity contribution >= 4 is 0 Å². The molecule has 0 spiro atoms. The summed E-state index contributed by atoms with van der Waals surface area (Å²) in [6.45, 7) is 3.87. The van der Waals surface area contributed by atoms with Crippen LogP contribution in [0.25, 0.3) is 11.1 Å². The van der Waals surface area contributed by atoms with E-state index in [0.717, 1.165) is 11.1 Å². The molecule has 2 aromatic rings. The largest absolute Gasteiger partial charge is 0.425 e. The molecule has 1 N–H and O–H groups in total. The van der Waals surface area contributed by atoms with E-state index in [1.165, 1.54) is 6.20 Å². The summed E-state index contributed by atoms with van der Waals surface area (Å²) < 4.78 is 0.664. The van der Waals surface area contributed by atoms with Gasteiger partial charge in [0.05, 0.1) is 6.20 Å². The highest BCUT2D eigenvalue weighted by molar-refractivity contribution is 5.63. The van der Waals surface area contributed by atoms with Gasteiger partial charge >= 0.3 is 0 Å². The first-order valence-corrected chi connectivity index (χ1v) is 5.61. The summed E-state index contributed by atoms with van der Waals surface area (Å²) in [4.78, 5) is 11.7. The van der Waals surface area contributed by atoms with Gasteiger partial charge in [0.2, 0.25) is 0 Å². The van der Waals surface area contributed by atoms with Crippen LogP contribution >= 0.6 is 0 Å². The number of rotatable bonds is 2. The molecule has 88 valence electrons. The van der Waals surface area contributed by atoms with Gasteiger partial charge in [0.1, 0.15) is 0 Å². The monoisotopic (exact) mass is 229 g/mol. The Bertz CT molecular complexity index is 571. The first-order chi connectivity index (χ1) is 8.09. The molecule has 3 heteroatoms. The summed E-state index contributed by atoms with van der Waals surface area (Å²) in [5.74, 6) is 0.0876. The average Bonchev–Trinajstić information content (AvgIpc) is 2.33. The van der Waals surface area contributed by atoms with Crippen molar-refractivity contribution in [2.24, 2.45) is 0 Å². The summed E-state index contributed by atoms with van der Waals surface area (Å²) in [6, 6.07) is 11.5. The summed E-state index contributed by atoms with van der Waals surface area (Å²) in [7, 11) is 0. The summed E-state index contributed by atoms with van der Waals surface area (Å²) in [5.41, 5.74) is 2.10. The maximum atomic E-state index is 11.7.